The van der Waals surface area contributed by atoms with Crippen molar-refractivity contribution in [2.45, 2.75) is 6.54 Å². The summed E-state index contributed by atoms with van der Waals surface area (Å²) in [5, 5.41) is 0. The second kappa shape index (κ2) is 6.49. The Labute approximate surface area is 148 Å². The highest BCUT2D eigenvalue weighted by Crippen LogP contribution is 2.30. The maximum atomic E-state index is 11.2. The van der Waals surface area contributed by atoms with Crippen molar-refractivity contribution in [2.75, 3.05) is 7.11 Å². The Hall–Kier alpha value is -2.99. The molecular formula is C19H15N3O2S. The predicted molar refractivity (Wildman–Crippen MR) is 98.3 cm³/mol. The molecular weight excluding hydrogens is 334 g/mol. The molecule has 6 heteroatoms. The van der Waals surface area contributed by atoms with Crippen LogP contribution in [0.15, 0.2) is 54.2 Å². The smallest absolute Gasteiger partial charge is 0.153 e. The Morgan fingerprint density at radius 1 is 1.24 bits per heavy atom. The van der Waals surface area contributed by atoms with Gasteiger partial charge in [-0.2, -0.15) is 0 Å². The predicted octanol–water partition coefficient (Wildman–Crippen LogP) is 4.03. The lowest BCUT2D eigenvalue weighted by Gasteiger charge is -2.12. The van der Waals surface area contributed by atoms with Gasteiger partial charge in [0.15, 0.2) is 5.82 Å². The van der Waals surface area contributed by atoms with E-state index in [1.54, 1.807) is 30.0 Å². The summed E-state index contributed by atoms with van der Waals surface area (Å²) in [4.78, 5) is 21.1. The number of thiazole rings is 1. The highest BCUT2D eigenvalue weighted by molar-refractivity contribution is 7.13. The number of fused-ring (bicyclic) bond motifs is 1. The molecule has 0 saturated carbocycles. The van der Waals surface area contributed by atoms with E-state index in [0.717, 1.165) is 39.3 Å². The number of hydrogen-bond acceptors (Lipinski definition) is 5. The van der Waals surface area contributed by atoms with Gasteiger partial charge >= 0.3 is 0 Å². The molecule has 2 aromatic heterocycles. The van der Waals surface area contributed by atoms with Crippen molar-refractivity contribution in [3.8, 4) is 16.5 Å². The van der Waals surface area contributed by atoms with E-state index in [1.165, 1.54) is 0 Å². The zero-order valence-electron chi connectivity index (χ0n) is 13.5. The minimum absolute atomic E-state index is 0.554. The molecule has 0 bridgehead atoms. The third-order valence-electron chi connectivity index (χ3n) is 4.08. The fraction of sp³-hybridized carbons (Fsp3) is 0.105. The van der Waals surface area contributed by atoms with Gasteiger partial charge < -0.3 is 9.30 Å². The van der Waals surface area contributed by atoms with Crippen molar-refractivity contribution < 1.29 is 9.53 Å². The molecule has 0 radical (unpaired) electrons. The standard InChI is InChI=1S/C19H15N3O2S/c1-24-17-7-6-13(11-23)8-14(17)10-22-16-5-3-2-4-15(16)21-19(22)18-9-20-12-25-18/h2-9,11-12H,10H2,1H3. The highest BCUT2D eigenvalue weighted by atomic mass is 32.1. The number of imidazole rings is 1. The number of aromatic nitrogens is 3. The zero-order chi connectivity index (χ0) is 17.2. The number of para-hydroxylation sites is 2. The monoisotopic (exact) mass is 349 g/mol. The van der Waals surface area contributed by atoms with Crippen LogP contribution in [0.5, 0.6) is 5.75 Å². The molecule has 0 N–H and O–H groups in total. The Bertz CT molecular complexity index is 1040. The van der Waals surface area contributed by atoms with Gasteiger partial charge in [-0.25, -0.2) is 4.98 Å². The molecule has 0 saturated heterocycles. The van der Waals surface area contributed by atoms with Gasteiger partial charge in [-0.15, -0.1) is 11.3 Å². The number of methoxy groups -OCH3 is 1. The molecule has 0 unspecified atom stereocenters. The van der Waals surface area contributed by atoms with Crippen LogP contribution in [-0.4, -0.2) is 27.9 Å². The van der Waals surface area contributed by atoms with E-state index >= 15 is 0 Å². The van der Waals surface area contributed by atoms with Gasteiger partial charge in [0, 0.05) is 17.3 Å². The van der Waals surface area contributed by atoms with Crippen LogP contribution in [0.25, 0.3) is 21.7 Å². The van der Waals surface area contributed by atoms with Gasteiger partial charge in [0.1, 0.15) is 12.0 Å². The lowest BCUT2D eigenvalue weighted by Crippen LogP contribution is -2.04. The van der Waals surface area contributed by atoms with Gasteiger partial charge in [0.05, 0.1) is 35.1 Å². The van der Waals surface area contributed by atoms with Gasteiger partial charge in [0.25, 0.3) is 0 Å². The third kappa shape index (κ3) is 2.81. The number of nitrogens with zero attached hydrogens (tertiary/aromatic N) is 3. The summed E-state index contributed by atoms with van der Waals surface area (Å²) in [7, 11) is 1.63. The lowest BCUT2D eigenvalue weighted by molar-refractivity contribution is 0.112. The second-order valence-corrected chi connectivity index (χ2v) is 6.45. The molecule has 2 aromatic carbocycles. The topological polar surface area (TPSA) is 57.0 Å². The minimum Gasteiger partial charge on any atom is -0.496 e. The number of carbonyl (C=O) groups is 1. The SMILES string of the molecule is COc1ccc(C=O)cc1Cn1c(-c2cncs2)nc2ccccc21. The van der Waals surface area contributed by atoms with Crippen LogP contribution >= 0.6 is 11.3 Å². The molecule has 0 atom stereocenters. The molecule has 0 fully saturated rings. The van der Waals surface area contributed by atoms with Crippen molar-refractivity contribution >= 4 is 28.7 Å². The Balaban J connectivity index is 1.89. The van der Waals surface area contributed by atoms with Crippen LogP contribution in [0, 0.1) is 0 Å². The van der Waals surface area contributed by atoms with Crippen molar-refractivity contribution in [3.63, 3.8) is 0 Å². The van der Waals surface area contributed by atoms with E-state index in [-0.39, 0.29) is 0 Å². The number of benzene rings is 2. The van der Waals surface area contributed by atoms with Gasteiger partial charge in [-0.1, -0.05) is 12.1 Å². The van der Waals surface area contributed by atoms with Crippen LogP contribution in [0.2, 0.25) is 0 Å². The summed E-state index contributed by atoms with van der Waals surface area (Å²) in [6, 6.07) is 13.4. The second-order valence-electron chi connectivity index (χ2n) is 5.57. The van der Waals surface area contributed by atoms with Crippen LogP contribution < -0.4 is 4.74 Å². The highest BCUT2D eigenvalue weighted by Gasteiger charge is 2.15. The molecule has 0 aliphatic heterocycles. The molecule has 124 valence electrons. The molecule has 25 heavy (non-hydrogen) atoms. The lowest BCUT2D eigenvalue weighted by atomic mass is 10.1. The van der Waals surface area contributed by atoms with Gasteiger partial charge in [-0.05, 0) is 30.3 Å². The van der Waals surface area contributed by atoms with E-state index in [2.05, 4.69) is 9.55 Å². The van der Waals surface area contributed by atoms with Crippen LogP contribution in [-0.2, 0) is 6.54 Å². The minimum atomic E-state index is 0.554. The molecule has 0 amide bonds. The third-order valence-corrected chi connectivity index (χ3v) is 4.85. The molecule has 2 heterocycles. The zero-order valence-corrected chi connectivity index (χ0v) is 14.4. The van der Waals surface area contributed by atoms with E-state index in [0.29, 0.717) is 12.1 Å². The van der Waals surface area contributed by atoms with E-state index in [4.69, 9.17) is 9.72 Å². The first kappa shape index (κ1) is 15.5. The van der Waals surface area contributed by atoms with Gasteiger partial charge in [-0.3, -0.25) is 9.78 Å². The molecule has 4 aromatic rings. The van der Waals surface area contributed by atoms with Gasteiger partial charge in [0.2, 0.25) is 0 Å². The first-order valence-electron chi connectivity index (χ1n) is 7.76. The maximum absolute atomic E-state index is 11.2. The average Bonchev–Trinajstić information content (AvgIpc) is 3.30. The van der Waals surface area contributed by atoms with Crippen molar-refractivity contribution in [3.05, 3.63) is 65.3 Å². The summed E-state index contributed by atoms with van der Waals surface area (Å²) >= 11 is 1.55. The Morgan fingerprint density at radius 3 is 2.88 bits per heavy atom. The molecule has 0 aliphatic carbocycles. The molecule has 5 nitrogen and oxygen atoms in total. The van der Waals surface area contributed by atoms with Crippen LogP contribution in [0.4, 0.5) is 0 Å². The molecule has 0 spiro atoms. The largest absolute Gasteiger partial charge is 0.496 e. The average molecular weight is 349 g/mol. The van der Waals surface area contributed by atoms with Crippen molar-refractivity contribution in [2.24, 2.45) is 0 Å². The van der Waals surface area contributed by atoms with E-state index in [1.807, 2.05) is 42.6 Å². The molecule has 4 rings (SSSR count). The molecule has 0 aliphatic rings. The summed E-state index contributed by atoms with van der Waals surface area (Å²) in [6.07, 6.45) is 2.67. The quantitative estimate of drug-likeness (QED) is 0.511. The van der Waals surface area contributed by atoms with Crippen LogP contribution in [0.3, 0.4) is 0 Å². The number of rotatable bonds is 5. The van der Waals surface area contributed by atoms with E-state index < -0.39 is 0 Å². The maximum Gasteiger partial charge on any atom is 0.153 e. The first-order chi connectivity index (χ1) is 12.3. The fourth-order valence-electron chi connectivity index (χ4n) is 2.92. The van der Waals surface area contributed by atoms with Crippen LogP contribution in [0.1, 0.15) is 15.9 Å². The van der Waals surface area contributed by atoms with Crippen molar-refractivity contribution in [1.82, 2.24) is 14.5 Å². The summed E-state index contributed by atoms with van der Waals surface area (Å²) in [6.45, 7) is 0.554. The van der Waals surface area contributed by atoms with Crippen molar-refractivity contribution in [1.29, 1.82) is 0 Å². The number of aldehydes is 1. The number of carbonyl (C=O) groups excluding carboxylic acids is 1. The summed E-state index contributed by atoms with van der Waals surface area (Å²) < 4.78 is 7.61. The Morgan fingerprint density at radius 2 is 2.12 bits per heavy atom. The normalized spacial score (nSPS) is 10.9. The fourth-order valence-corrected chi connectivity index (χ4v) is 3.53. The summed E-state index contributed by atoms with van der Waals surface area (Å²) in [5.41, 5.74) is 5.31. The Kier molecular flexibility index (Phi) is 4.03. The first-order valence-corrected chi connectivity index (χ1v) is 8.64. The summed E-state index contributed by atoms with van der Waals surface area (Å²) in [5.74, 6) is 1.61. The van der Waals surface area contributed by atoms with E-state index in [9.17, 15) is 4.79 Å². The number of ether oxygens (including phenoxy) is 1. The number of hydrogen-bond donors (Lipinski definition) is 0.